The number of amides is 3. The number of aliphatic carboxylic acids is 1. The third kappa shape index (κ3) is 7.35. The van der Waals surface area contributed by atoms with Gasteiger partial charge in [0.15, 0.2) is 0 Å². The highest BCUT2D eigenvalue weighted by Crippen LogP contribution is 2.42. The fraction of sp³-hybridized carbons (Fsp3) is 0.583. The first-order chi connectivity index (χ1) is 16.1. The molecule has 3 atom stereocenters. The van der Waals surface area contributed by atoms with E-state index in [-0.39, 0.29) is 18.2 Å². The molecule has 3 amide bonds. The first-order valence-electron chi connectivity index (χ1n) is 11.6. The summed E-state index contributed by atoms with van der Waals surface area (Å²) in [5.41, 5.74) is 0.321. The summed E-state index contributed by atoms with van der Waals surface area (Å²) in [5.74, 6) is -2.46. The fourth-order valence-electron chi connectivity index (χ4n) is 4.19. The molecule has 2 fully saturated rings. The molecule has 1 heterocycles. The van der Waals surface area contributed by atoms with Crippen molar-refractivity contribution < 1.29 is 29.0 Å². The molecule has 3 rings (SSSR count). The van der Waals surface area contributed by atoms with Gasteiger partial charge in [-0.3, -0.25) is 9.59 Å². The highest BCUT2D eigenvalue weighted by molar-refractivity contribution is 6.30. The number of rotatable bonds is 11. The van der Waals surface area contributed by atoms with E-state index in [0.29, 0.717) is 43.7 Å². The lowest BCUT2D eigenvalue weighted by molar-refractivity contribution is -0.143. The Morgan fingerprint density at radius 3 is 2.53 bits per heavy atom. The number of benzene rings is 1. The summed E-state index contributed by atoms with van der Waals surface area (Å²) >= 11 is 6.05. The van der Waals surface area contributed by atoms with Gasteiger partial charge < -0.3 is 25.8 Å². The van der Waals surface area contributed by atoms with Crippen LogP contribution in [0.2, 0.25) is 5.02 Å². The normalized spacial score (nSPS) is 20.2. The van der Waals surface area contributed by atoms with Gasteiger partial charge in [0, 0.05) is 23.9 Å². The Bertz CT molecular complexity index is 933. The monoisotopic (exact) mass is 493 g/mol. The van der Waals surface area contributed by atoms with E-state index in [1.165, 1.54) is 0 Å². The van der Waals surface area contributed by atoms with Crippen molar-refractivity contribution in [1.82, 2.24) is 16.0 Å². The van der Waals surface area contributed by atoms with Crippen LogP contribution in [0, 0.1) is 11.8 Å². The minimum absolute atomic E-state index is 0.00546. The first-order valence-corrected chi connectivity index (χ1v) is 12.0. The lowest BCUT2D eigenvalue weighted by atomic mass is 9.97. The Hall–Kier alpha value is -2.81. The lowest BCUT2D eigenvalue weighted by Gasteiger charge is -2.25. The minimum Gasteiger partial charge on any atom is -0.480 e. The smallest absolute Gasteiger partial charge is 0.408 e. The van der Waals surface area contributed by atoms with Crippen molar-refractivity contribution in [3.63, 3.8) is 0 Å². The van der Waals surface area contributed by atoms with Crippen LogP contribution in [0.5, 0.6) is 0 Å². The molecule has 1 aliphatic heterocycles. The van der Waals surface area contributed by atoms with Crippen LogP contribution in [-0.2, 0) is 25.5 Å². The van der Waals surface area contributed by atoms with Gasteiger partial charge in [0.25, 0.3) is 0 Å². The third-order valence-electron chi connectivity index (χ3n) is 6.15. The Balaban J connectivity index is 1.60. The average molecular weight is 494 g/mol. The SMILES string of the molecule is CC(C)CC(NC(=O)OC1(Cc2cccc(Cl)c2)CC1)C(=O)NC(C[C@@H]1CCNC1=O)C(=O)O. The highest BCUT2D eigenvalue weighted by Gasteiger charge is 2.47. The molecule has 9 nitrogen and oxygen atoms in total. The van der Waals surface area contributed by atoms with E-state index in [9.17, 15) is 24.3 Å². The number of halogens is 1. The number of carbonyl (C=O) groups excluding carboxylic acids is 3. The Morgan fingerprint density at radius 2 is 1.97 bits per heavy atom. The van der Waals surface area contributed by atoms with Crippen LogP contribution in [0.25, 0.3) is 0 Å². The predicted octanol–water partition coefficient (Wildman–Crippen LogP) is 2.65. The molecule has 1 saturated heterocycles. The quantitative estimate of drug-likeness (QED) is 0.374. The molecule has 0 bridgehead atoms. The number of ether oxygens (including phenoxy) is 1. The van der Waals surface area contributed by atoms with Crippen LogP contribution in [0.1, 0.15) is 51.5 Å². The number of hydrogen-bond acceptors (Lipinski definition) is 5. The van der Waals surface area contributed by atoms with E-state index in [1.54, 1.807) is 6.07 Å². The van der Waals surface area contributed by atoms with E-state index < -0.39 is 41.6 Å². The van der Waals surface area contributed by atoms with Crippen LogP contribution >= 0.6 is 11.6 Å². The lowest BCUT2D eigenvalue weighted by Crippen LogP contribution is -2.53. The number of carbonyl (C=O) groups is 4. The van der Waals surface area contributed by atoms with E-state index in [2.05, 4.69) is 16.0 Å². The molecule has 2 unspecified atom stereocenters. The van der Waals surface area contributed by atoms with Crippen molar-refractivity contribution in [2.75, 3.05) is 6.54 Å². The summed E-state index contributed by atoms with van der Waals surface area (Å²) in [6, 6.07) is 5.16. The number of nitrogens with one attached hydrogen (secondary N) is 3. The fourth-order valence-corrected chi connectivity index (χ4v) is 4.41. The molecule has 0 aromatic heterocycles. The Morgan fingerprint density at radius 1 is 1.24 bits per heavy atom. The van der Waals surface area contributed by atoms with Gasteiger partial charge in [-0.25, -0.2) is 9.59 Å². The number of carboxylic acid groups (broad SMARTS) is 1. The number of carboxylic acids is 1. The first kappa shape index (κ1) is 25.8. The summed E-state index contributed by atoms with van der Waals surface area (Å²) in [6.45, 7) is 4.28. The van der Waals surface area contributed by atoms with Gasteiger partial charge in [-0.1, -0.05) is 37.6 Å². The summed E-state index contributed by atoms with van der Waals surface area (Å²) in [6.07, 6.45) is 2.03. The molecular weight excluding hydrogens is 462 g/mol. The summed E-state index contributed by atoms with van der Waals surface area (Å²) in [5, 5.41) is 18.0. The molecule has 0 spiro atoms. The third-order valence-corrected chi connectivity index (χ3v) is 6.38. The second-order valence-electron chi connectivity index (χ2n) is 9.62. The van der Waals surface area contributed by atoms with Crippen molar-refractivity contribution in [3.05, 3.63) is 34.9 Å². The molecule has 1 aromatic carbocycles. The maximum absolute atomic E-state index is 12.9. The van der Waals surface area contributed by atoms with E-state index in [0.717, 1.165) is 5.56 Å². The maximum atomic E-state index is 12.9. The van der Waals surface area contributed by atoms with Gasteiger partial charge in [-0.05, 0) is 55.7 Å². The van der Waals surface area contributed by atoms with Gasteiger partial charge in [-0.2, -0.15) is 0 Å². The molecule has 0 radical (unpaired) electrons. The zero-order valence-electron chi connectivity index (χ0n) is 19.4. The molecule has 1 aromatic rings. The molecule has 34 heavy (non-hydrogen) atoms. The molecule has 10 heteroatoms. The van der Waals surface area contributed by atoms with Crippen molar-refractivity contribution >= 4 is 35.5 Å². The van der Waals surface area contributed by atoms with Crippen molar-refractivity contribution in [2.45, 2.75) is 70.1 Å². The van der Waals surface area contributed by atoms with E-state index >= 15 is 0 Å². The van der Waals surface area contributed by atoms with E-state index in [4.69, 9.17) is 16.3 Å². The van der Waals surface area contributed by atoms with Gasteiger partial charge >= 0.3 is 12.1 Å². The number of alkyl carbamates (subject to hydrolysis) is 1. The van der Waals surface area contributed by atoms with Crippen molar-refractivity contribution in [2.24, 2.45) is 11.8 Å². The van der Waals surface area contributed by atoms with Crippen LogP contribution in [0.3, 0.4) is 0 Å². The molecule has 4 N–H and O–H groups in total. The van der Waals surface area contributed by atoms with Gasteiger partial charge in [0.2, 0.25) is 11.8 Å². The second kappa shape index (κ2) is 11.1. The number of hydrogen-bond donors (Lipinski definition) is 4. The maximum Gasteiger partial charge on any atom is 0.408 e. The summed E-state index contributed by atoms with van der Waals surface area (Å²) < 4.78 is 5.69. The Labute approximate surface area is 203 Å². The highest BCUT2D eigenvalue weighted by atomic mass is 35.5. The molecule has 186 valence electrons. The van der Waals surface area contributed by atoms with Crippen LogP contribution < -0.4 is 16.0 Å². The largest absolute Gasteiger partial charge is 0.480 e. The second-order valence-corrected chi connectivity index (χ2v) is 10.1. The van der Waals surface area contributed by atoms with Gasteiger partial charge in [-0.15, -0.1) is 0 Å². The van der Waals surface area contributed by atoms with Crippen molar-refractivity contribution in [1.29, 1.82) is 0 Å². The topological polar surface area (TPSA) is 134 Å². The zero-order chi connectivity index (χ0) is 24.9. The minimum atomic E-state index is -1.23. The molecule has 1 saturated carbocycles. The standard InChI is InChI=1S/C24H32ClN3O6/c1-14(2)10-18(21(30)27-19(22(31)32)12-16-6-9-26-20(16)29)28-23(33)34-24(7-8-24)13-15-4-3-5-17(25)11-15/h3-5,11,14,16,18-19H,6-10,12-13H2,1-2H3,(H,26,29)(H,27,30)(H,28,33)(H,31,32)/t16-,18?,19?/m0/s1. The average Bonchev–Trinajstić information content (AvgIpc) is 3.36. The van der Waals surface area contributed by atoms with Gasteiger partial charge in [0.1, 0.15) is 17.7 Å². The van der Waals surface area contributed by atoms with Crippen LogP contribution in [0.4, 0.5) is 4.79 Å². The summed E-state index contributed by atoms with van der Waals surface area (Å²) in [4.78, 5) is 49.2. The van der Waals surface area contributed by atoms with Crippen LogP contribution in [-0.4, -0.2) is 53.2 Å². The molecular formula is C24H32ClN3O6. The van der Waals surface area contributed by atoms with Crippen molar-refractivity contribution in [3.8, 4) is 0 Å². The predicted molar refractivity (Wildman–Crippen MR) is 125 cm³/mol. The Kier molecular flexibility index (Phi) is 8.41. The van der Waals surface area contributed by atoms with E-state index in [1.807, 2.05) is 32.0 Å². The summed E-state index contributed by atoms with van der Waals surface area (Å²) in [7, 11) is 0. The molecule has 1 aliphatic carbocycles. The van der Waals surface area contributed by atoms with Gasteiger partial charge in [0.05, 0.1) is 0 Å². The van der Waals surface area contributed by atoms with Crippen LogP contribution in [0.15, 0.2) is 24.3 Å². The molecule has 2 aliphatic rings. The zero-order valence-corrected chi connectivity index (χ0v) is 20.2.